The molecule has 0 aliphatic heterocycles. The van der Waals surface area contributed by atoms with E-state index in [0.717, 1.165) is 16.1 Å². The van der Waals surface area contributed by atoms with E-state index in [9.17, 15) is 14.9 Å². The average molecular weight is 367 g/mol. The lowest BCUT2D eigenvalue weighted by molar-refractivity contribution is -0.385. The molecular formula is C19H17N3O3S. The van der Waals surface area contributed by atoms with Crippen molar-refractivity contribution in [2.24, 2.45) is 0 Å². The number of hydrogen-bond donors (Lipinski definition) is 1. The molecule has 0 atom stereocenters. The van der Waals surface area contributed by atoms with Crippen LogP contribution in [0.1, 0.15) is 16.0 Å². The maximum Gasteiger partial charge on any atom is 0.273 e. The fourth-order valence-electron chi connectivity index (χ4n) is 2.60. The lowest BCUT2D eigenvalue weighted by Crippen LogP contribution is -2.15. The first-order chi connectivity index (χ1) is 12.4. The maximum atomic E-state index is 12.3. The number of nitro groups is 1. The molecular weight excluding hydrogens is 350 g/mol. The molecule has 26 heavy (non-hydrogen) atoms. The molecule has 3 aromatic rings. The zero-order valence-corrected chi connectivity index (χ0v) is 15.2. The van der Waals surface area contributed by atoms with Gasteiger partial charge in [0.15, 0.2) is 5.13 Å². The molecule has 0 aliphatic rings. The molecule has 0 saturated carbocycles. The van der Waals surface area contributed by atoms with Crippen molar-refractivity contribution in [1.82, 2.24) is 4.98 Å². The molecule has 132 valence electrons. The predicted molar refractivity (Wildman–Crippen MR) is 102 cm³/mol. The van der Waals surface area contributed by atoms with E-state index in [1.807, 2.05) is 38.1 Å². The third-order valence-corrected chi connectivity index (χ3v) is 4.79. The van der Waals surface area contributed by atoms with Crippen molar-refractivity contribution in [3.8, 4) is 11.3 Å². The number of amides is 1. The van der Waals surface area contributed by atoms with E-state index in [-0.39, 0.29) is 18.0 Å². The van der Waals surface area contributed by atoms with Crippen molar-refractivity contribution in [2.75, 3.05) is 5.32 Å². The number of thiazole rings is 1. The van der Waals surface area contributed by atoms with Crippen molar-refractivity contribution in [2.45, 2.75) is 20.3 Å². The molecule has 1 N–H and O–H groups in total. The van der Waals surface area contributed by atoms with E-state index in [4.69, 9.17) is 0 Å². The molecule has 0 unspecified atom stereocenters. The summed E-state index contributed by atoms with van der Waals surface area (Å²) in [6.07, 6.45) is -0.0738. The van der Waals surface area contributed by atoms with Gasteiger partial charge in [0.1, 0.15) is 0 Å². The first kappa shape index (κ1) is 17.8. The summed E-state index contributed by atoms with van der Waals surface area (Å²) >= 11 is 1.39. The summed E-state index contributed by atoms with van der Waals surface area (Å²) in [5.41, 5.74) is 3.31. The Kier molecular flexibility index (Phi) is 5.09. The van der Waals surface area contributed by atoms with Gasteiger partial charge in [-0.15, -0.1) is 11.3 Å². The number of rotatable bonds is 5. The highest BCUT2D eigenvalue weighted by atomic mass is 32.1. The molecule has 0 aliphatic carbocycles. The van der Waals surface area contributed by atoms with Crippen LogP contribution in [-0.2, 0) is 11.2 Å². The highest BCUT2D eigenvalue weighted by Crippen LogP contribution is 2.30. The SMILES string of the molecule is Cc1ccc(-c2nc(NC(=O)Cc3ccccc3[N+](=O)[O-])sc2C)cc1. The van der Waals surface area contributed by atoms with E-state index in [1.165, 1.54) is 23.0 Å². The van der Waals surface area contributed by atoms with Gasteiger partial charge in [-0.05, 0) is 13.8 Å². The second kappa shape index (κ2) is 7.45. The average Bonchev–Trinajstić information content (AvgIpc) is 2.96. The van der Waals surface area contributed by atoms with Gasteiger partial charge >= 0.3 is 0 Å². The summed E-state index contributed by atoms with van der Waals surface area (Å²) < 4.78 is 0. The van der Waals surface area contributed by atoms with Gasteiger partial charge in [0.2, 0.25) is 5.91 Å². The molecule has 7 heteroatoms. The van der Waals surface area contributed by atoms with Gasteiger partial charge in [-0.3, -0.25) is 14.9 Å². The van der Waals surface area contributed by atoms with E-state index < -0.39 is 4.92 Å². The quantitative estimate of drug-likeness (QED) is 0.531. The van der Waals surface area contributed by atoms with Crippen LogP contribution in [0.25, 0.3) is 11.3 Å². The number of benzene rings is 2. The van der Waals surface area contributed by atoms with Crippen LogP contribution in [0.4, 0.5) is 10.8 Å². The maximum absolute atomic E-state index is 12.3. The fraction of sp³-hybridized carbons (Fsp3) is 0.158. The van der Waals surface area contributed by atoms with Crippen LogP contribution in [0.2, 0.25) is 0 Å². The smallest absolute Gasteiger partial charge is 0.273 e. The van der Waals surface area contributed by atoms with Gasteiger partial charge in [-0.2, -0.15) is 0 Å². The molecule has 0 fully saturated rings. The summed E-state index contributed by atoms with van der Waals surface area (Å²) in [5.74, 6) is -0.330. The number of carbonyl (C=O) groups is 1. The second-order valence-electron chi connectivity index (χ2n) is 5.90. The summed E-state index contributed by atoms with van der Waals surface area (Å²) in [5, 5.41) is 14.3. The summed E-state index contributed by atoms with van der Waals surface area (Å²) in [6, 6.07) is 14.3. The Labute approximate surface area is 154 Å². The van der Waals surface area contributed by atoms with Crippen LogP contribution in [0, 0.1) is 24.0 Å². The van der Waals surface area contributed by atoms with Crippen LogP contribution >= 0.6 is 11.3 Å². The number of aryl methyl sites for hydroxylation is 2. The lowest BCUT2D eigenvalue weighted by Gasteiger charge is -2.03. The molecule has 1 amide bonds. The number of carbonyl (C=O) groups excluding carboxylic acids is 1. The van der Waals surface area contributed by atoms with Crippen molar-refractivity contribution < 1.29 is 9.72 Å². The Morgan fingerprint density at radius 3 is 2.54 bits per heavy atom. The highest BCUT2D eigenvalue weighted by Gasteiger charge is 2.17. The van der Waals surface area contributed by atoms with Gasteiger partial charge in [-0.1, -0.05) is 48.0 Å². The minimum Gasteiger partial charge on any atom is -0.302 e. The Morgan fingerprint density at radius 2 is 1.85 bits per heavy atom. The summed E-state index contributed by atoms with van der Waals surface area (Å²) in [7, 11) is 0. The molecule has 1 heterocycles. The Morgan fingerprint density at radius 1 is 1.15 bits per heavy atom. The van der Waals surface area contributed by atoms with Crippen LogP contribution < -0.4 is 5.32 Å². The van der Waals surface area contributed by atoms with E-state index >= 15 is 0 Å². The van der Waals surface area contributed by atoms with Crippen molar-refractivity contribution in [3.05, 3.63) is 74.6 Å². The van der Waals surface area contributed by atoms with Gasteiger partial charge in [-0.25, -0.2) is 4.98 Å². The Balaban J connectivity index is 1.76. The van der Waals surface area contributed by atoms with Crippen molar-refractivity contribution in [3.63, 3.8) is 0 Å². The van der Waals surface area contributed by atoms with Crippen molar-refractivity contribution >= 4 is 28.1 Å². The van der Waals surface area contributed by atoms with Gasteiger partial charge in [0.05, 0.1) is 17.0 Å². The highest BCUT2D eigenvalue weighted by molar-refractivity contribution is 7.16. The number of para-hydroxylation sites is 1. The molecule has 6 nitrogen and oxygen atoms in total. The van der Waals surface area contributed by atoms with E-state index in [0.29, 0.717) is 10.7 Å². The number of nitrogens with one attached hydrogen (secondary N) is 1. The van der Waals surface area contributed by atoms with Gasteiger partial charge < -0.3 is 5.32 Å². The first-order valence-corrected chi connectivity index (χ1v) is 8.82. The molecule has 0 bridgehead atoms. The minimum atomic E-state index is -0.481. The number of nitrogens with zero attached hydrogens (tertiary/aromatic N) is 2. The number of hydrogen-bond acceptors (Lipinski definition) is 5. The number of aromatic nitrogens is 1. The standard InChI is InChI=1S/C19H17N3O3S/c1-12-7-9-14(10-8-12)18-13(2)26-19(21-18)20-17(23)11-15-5-3-4-6-16(15)22(24)25/h3-10H,11H2,1-2H3,(H,20,21,23). The summed E-state index contributed by atoms with van der Waals surface area (Å²) in [6.45, 7) is 3.97. The largest absolute Gasteiger partial charge is 0.302 e. The fourth-order valence-corrected chi connectivity index (χ4v) is 3.46. The van der Waals surface area contributed by atoms with Crippen molar-refractivity contribution in [1.29, 1.82) is 0 Å². The second-order valence-corrected chi connectivity index (χ2v) is 7.10. The van der Waals surface area contributed by atoms with E-state index in [1.54, 1.807) is 18.2 Å². The summed E-state index contributed by atoms with van der Waals surface area (Å²) in [4.78, 5) is 28.4. The number of anilines is 1. The molecule has 3 rings (SSSR count). The van der Waals surface area contributed by atoms with Crippen LogP contribution in [0.3, 0.4) is 0 Å². The molecule has 0 radical (unpaired) electrons. The van der Waals surface area contributed by atoms with Gasteiger partial charge in [0.25, 0.3) is 5.69 Å². The van der Waals surface area contributed by atoms with E-state index in [2.05, 4.69) is 10.3 Å². The minimum absolute atomic E-state index is 0.0571. The number of nitro benzene ring substituents is 1. The third-order valence-electron chi connectivity index (χ3n) is 3.91. The molecule has 2 aromatic carbocycles. The Hall–Kier alpha value is -3.06. The molecule has 0 spiro atoms. The lowest BCUT2D eigenvalue weighted by atomic mass is 10.1. The third kappa shape index (κ3) is 3.94. The zero-order valence-electron chi connectivity index (χ0n) is 14.4. The molecule has 0 saturated heterocycles. The topological polar surface area (TPSA) is 85.1 Å². The van der Waals surface area contributed by atoms with Crippen LogP contribution in [0.5, 0.6) is 0 Å². The van der Waals surface area contributed by atoms with Gasteiger partial charge in [0, 0.05) is 22.1 Å². The molecule has 1 aromatic heterocycles. The monoisotopic (exact) mass is 367 g/mol. The predicted octanol–water partition coefficient (Wildman–Crippen LogP) is 4.52. The Bertz CT molecular complexity index is 964. The first-order valence-electron chi connectivity index (χ1n) is 8.00. The van der Waals surface area contributed by atoms with Crippen LogP contribution in [-0.4, -0.2) is 15.8 Å². The van der Waals surface area contributed by atoms with Crippen LogP contribution in [0.15, 0.2) is 48.5 Å². The zero-order chi connectivity index (χ0) is 18.7. The normalized spacial score (nSPS) is 10.5.